The summed E-state index contributed by atoms with van der Waals surface area (Å²) in [7, 11) is 3.01. The third kappa shape index (κ3) is 5.98. The topological polar surface area (TPSA) is 133 Å². The predicted octanol–water partition coefficient (Wildman–Crippen LogP) is 3.18. The molecule has 0 atom stereocenters. The Morgan fingerprint density at radius 1 is 1.05 bits per heavy atom. The molecule has 0 unspecified atom stereocenters. The Morgan fingerprint density at radius 3 is 2.58 bits per heavy atom. The average Bonchev–Trinajstić information content (AvgIpc) is 2.95. The van der Waals surface area contributed by atoms with Crippen molar-refractivity contribution in [3.63, 3.8) is 0 Å². The zero-order valence-electron chi connectivity index (χ0n) is 21.3. The Bertz CT molecular complexity index is 1410. The molecule has 38 heavy (non-hydrogen) atoms. The number of nitrogens with zero attached hydrogens (tertiary/aromatic N) is 4. The number of nitrogens with two attached hydrogens (primary N) is 1. The molecule has 0 radical (unpaired) electrons. The van der Waals surface area contributed by atoms with E-state index in [1.807, 2.05) is 41.3 Å². The van der Waals surface area contributed by atoms with Crippen LogP contribution in [0.2, 0.25) is 0 Å². The molecule has 0 bridgehead atoms. The maximum Gasteiger partial charge on any atom is 0.302 e. The number of methoxy groups -OCH3 is 2. The van der Waals surface area contributed by atoms with E-state index >= 15 is 0 Å². The molecule has 194 valence electrons. The molecule has 10 heteroatoms. The van der Waals surface area contributed by atoms with Gasteiger partial charge in [-0.15, -0.1) is 6.58 Å². The first-order valence-corrected chi connectivity index (χ1v) is 11.8. The van der Waals surface area contributed by atoms with E-state index < -0.39 is 0 Å². The molecule has 3 aromatic carbocycles. The first kappa shape index (κ1) is 26.0. The van der Waals surface area contributed by atoms with Gasteiger partial charge in [-0.3, -0.25) is 5.41 Å². The van der Waals surface area contributed by atoms with Crippen molar-refractivity contribution in [2.75, 3.05) is 36.3 Å². The number of ether oxygens (including phenoxy) is 2. The van der Waals surface area contributed by atoms with Gasteiger partial charge in [0, 0.05) is 30.5 Å². The summed E-state index contributed by atoms with van der Waals surface area (Å²) in [5, 5.41) is 20.7. The second kappa shape index (κ2) is 12.2. The number of anilines is 5. The van der Waals surface area contributed by atoms with Gasteiger partial charge in [-0.1, -0.05) is 36.4 Å². The summed E-state index contributed by atoms with van der Waals surface area (Å²) in [5.41, 5.74) is 4.34. The van der Waals surface area contributed by atoms with Crippen molar-refractivity contribution in [1.82, 2.24) is 15.0 Å². The van der Waals surface area contributed by atoms with Gasteiger partial charge in [0.25, 0.3) is 5.75 Å². The fourth-order valence-corrected chi connectivity index (χ4v) is 3.89. The van der Waals surface area contributed by atoms with Crippen LogP contribution in [0.4, 0.5) is 29.0 Å². The van der Waals surface area contributed by atoms with Crippen LogP contribution in [-0.4, -0.2) is 47.0 Å². The van der Waals surface area contributed by atoms with Crippen molar-refractivity contribution < 1.29 is 20.0 Å². The molecule has 1 heterocycles. The first-order valence-electron chi connectivity index (χ1n) is 11.8. The lowest BCUT2D eigenvalue weighted by atomic mass is 10.1. The maximum absolute atomic E-state index is 8.20. The van der Waals surface area contributed by atoms with E-state index in [0.29, 0.717) is 42.2 Å². The standard InChI is InChI=1S/C28H29N7O3/c1-4-12-35(22-10-11-23(20(13-22)16-29)30-17-19-8-6-5-7-9-19)28-32-18-31-27(34-28)33-21-14-24(36)26(38-3)25(15-21)37-2/h4-11,13-16,18,29-30,36H,1,12,17H2,2-3H3,(H,31,32,33,34)/p+2. The first-order chi connectivity index (χ1) is 18.6. The Labute approximate surface area is 221 Å². The fourth-order valence-electron chi connectivity index (χ4n) is 3.89. The van der Waals surface area contributed by atoms with Crippen molar-refractivity contribution in [1.29, 1.82) is 0 Å². The second-order valence-electron chi connectivity index (χ2n) is 8.17. The summed E-state index contributed by atoms with van der Waals surface area (Å²) >= 11 is 0. The third-order valence-electron chi connectivity index (χ3n) is 5.70. The summed E-state index contributed by atoms with van der Waals surface area (Å²) in [6.07, 6.45) is 4.76. The molecule has 0 aliphatic carbocycles. The summed E-state index contributed by atoms with van der Waals surface area (Å²) < 4.78 is 10.6. The van der Waals surface area contributed by atoms with Crippen LogP contribution >= 0.6 is 0 Å². The summed E-state index contributed by atoms with van der Waals surface area (Å²) in [5.74, 6) is 1.67. The molecular formula is C28H31N7O3+2. The molecule has 10 nitrogen and oxygen atoms in total. The van der Waals surface area contributed by atoms with E-state index in [1.54, 1.807) is 24.4 Å². The zero-order chi connectivity index (χ0) is 26.9. The van der Waals surface area contributed by atoms with Crippen LogP contribution in [0, 0.1) is 0 Å². The summed E-state index contributed by atoms with van der Waals surface area (Å²) in [4.78, 5) is 15.1. The van der Waals surface area contributed by atoms with Gasteiger partial charge in [-0.2, -0.15) is 4.98 Å². The number of hydrogen-bond acceptors (Lipinski definition) is 8. The van der Waals surface area contributed by atoms with E-state index in [1.165, 1.54) is 26.1 Å². The minimum atomic E-state index is 0.170. The quantitative estimate of drug-likeness (QED) is 0.149. The van der Waals surface area contributed by atoms with Gasteiger partial charge in [0.2, 0.25) is 11.9 Å². The van der Waals surface area contributed by atoms with Gasteiger partial charge >= 0.3 is 5.75 Å². The van der Waals surface area contributed by atoms with Crippen LogP contribution < -0.4 is 30.4 Å². The van der Waals surface area contributed by atoms with Crippen LogP contribution in [0.1, 0.15) is 11.1 Å². The van der Waals surface area contributed by atoms with Gasteiger partial charge in [0.05, 0.1) is 31.5 Å². The lowest BCUT2D eigenvalue weighted by Crippen LogP contribution is -2.30. The Hall–Kier alpha value is -5.12. The van der Waals surface area contributed by atoms with Gasteiger partial charge < -0.3 is 30.1 Å². The molecule has 0 saturated carbocycles. The maximum atomic E-state index is 8.20. The average molecular weight is 514 g/mol. The van der Waals surface area contributed by atoms with Gasteiger partial charge in [-0.05, 0) is 23.8 Å². The van der Waals surface area contributed by atoms with E-state index in [2.05, 4.69) is 44.3 Å². The van der Waals surface area contributed by atoms with Crippen molar-refractivity contribution in [3.05, 3.63) is 90.8 Å². The number of rotatable bonds is 12. The number of benzene rings is 3. The van der Waals surface area contributed by atoms with Gasteiger partial charge in [0.1, 0.15) is 6.33 Å². The summed E-state index contributed by atoms with van der Waals surface area (Å²) in [6.45, 7) is 5.02. The molecule has 1 aromatic heterocycles. The molecule has 6 N–H and O–H groups in total. The number of aromatic nitrogens is 3. The molecule has 4 rings (SSSR count). The van der Waals surface area contributed by atoms with Gasteiger partial charge in [-0.25, -0.2) is 9.97 Å². The highest BCUT2D eigenvalue weighted by atomic mass is 16.5. The monoisotopic (exact) mass is 513 g/mol. The second-order valence-corrected chi connectivity index (χ2v) is 8.17. The molecule has 0 saturated heterocycles. The van der Waals surface area contributed by atoms with E-state index in [9.17, 15) is 0 Å². The molecular weight excluding hydrogens is 482 g/mol. The molecule has 0 amide bonds. The smallest absolute Gasteiger partial charge is 0.302 e. The Morgan fingerprint density at radius 2 is 1.87 bits per heavy atom. The number of nitrogens with one attached hydrogen (secondary N) is 2. The minimum Gasteiger partial charge on any atom is -0.591 e. The van der Waals surface area contributed by atoms with Crippen LogP contribution in [0.25, 0.3) is 0 Å². The predicted molar refractivity (Wildman–Crippen MR) is 150 cm³/mol. The van der Waals surface area contributed by atoms with Crippen LogP contribution in [0.3, 0.4) is 0 Å². The van der Waals surface area contributed by atoms with Crippen LogP contribution in [0.15, 0.2) is 79.6 Å². The Kier molecular flexibility index (Phi) is 8.35. The lowest BCUT2D eigenvalue weighted by Gasteiger charge is -2.22. The lowest BCUT2D eigenvalue weighted by molar-refractivity contribution is -0.104. The largest absolute Gasteiger partial charge is 0.591 e. The zero-order valence-corrected chi connectivity index (χ0v) is 21.3. The molecule has 0 fully saturated rings. The van der Waals surface area contributed by atoms with Crippen LogP contribution in [0.5, 0.6) is 17.2 Å². The molecule has 0 spiro atoms. The molecule has 4 aromatic rings. The van der Waals surface area contributed by atoms with Crippen molar-refractivity contribution >= 4 is 35.2 Å². The SMILES string of the molecule is C=CCN(c1ccc(NCc2ccccc2)c(C=[NH2+])c1)c1ncnc(Nc2cc([OH2+])c(OC)c(OC)c2)n1. The van der Waals surface area contributed by atoms with Crippen molar-refractivity contribution in [3.8, 4) is 17.2 Å². The highest BCUT2D eigenvalue weighted by Gasteiger charge is 2.18. The Balaban J connectivity index is 1.59. The van der Waals surface area contributed by atoms with Crippen molar-refractivity contribution in [2.45, 2.75) is 6.54 Å². The highest BCUT2D eigenvalue weighted by Crippen LogP contribution is 2.39. The third-order valence-corrected chi connectivity index (χ3v) is 5.70. The fraction of sp³-hybridized carbons (Fsp3) is 0.143. The van der Waals surface area contributed by atoms with Gasteiger partial charge in [0.15, 0.2) is 12.0 Å². The van der Waals surface area contributed by atoms with Crippen LogP contribution in [-0.2, 0) is 6.54 Å². The molecule has 0 aliphatic heterocycles. The van der Waals surface area contributed by atoms with E-state index in [-0.39, 0.29) is 5.75 Å². The highest BCUT2D eigenvalue weighted by molar-refractivity contribution is 5.86. The molecule has 0 aliphatic rings. The normalized spacial score (nSPS) is 10.4. The van der Waals surface area contributed by atoms with Crippen molar-refractivity contribution in [2.24, 2.45) is 0 Å². The van der Waals surface area contributed by atoms with E-state index in [0.717, 1.165) is 16.9 Å². The number of hydrogen-bond donors (Lipinski definition) is 3. The van der Waals surface area contributed by atoms with E-state index in [4.69, 9.17) is 20.0 Å². The summed E-state index contributed by atoms with van der Waals surface area (Å²) in [6, 6.07) is 19.4. The minimum absolute atomic E-state index is 0.170.